The lowest BCUT2D eigenvalue weighted by Gasteiger charge is -1.87. The van der Waals surface area contributed by atoms with Crippen molar-refractivity contribution in [2.45, 2.75) is 25.9 Å². The van der Waals surface area contributed by atoms with Gasteiger partial charge in [0.15, 0.2) is 5.82 Å². The molecule has 1 aromatic rings. The molecule has 1 aromatic heterocycles. The molecule has 0 aromatic carbocycles. The fourth-order valence-corrected chi connectivity index (χ4v) is 1.26. The Kier molecular flexibility index (Phi) is 1.20. The van der Waals surface area contributed by atoms with Crippen molar-refractivity contribution in [1.29, 1.82) is 0 Å². The summed E-state index contributed by atoms with van der Waals surface area (Å²) < 4.78 is 1.95. The van der Waals surface area contributed by atoms with E-state index in [1.807, 2.05) is 4.68 Å². The van der Waals surface area contributed by atoms with Crippen molar-refractivity contribution < 1.29 is 0 Å². The van der Waals surface area contributed by atoms with Crippen LogP contribution < -0.4 is 5.73 Å². The molecule has 2 N–H and O–H groups in total. The summed E-state index contributed by atoms with van der Waals surface area (Å²) in [4.78, 5) is 4.24. The molecule has 0 radical (unpaired) electrons. The fraction of sp³-hybridized carbons (Fsp3) is 0.667. The maximum Gasteiger partial charge on any atom is 0.164 e. The minimum absolute atomic E-state index is 0.458. The second-order valence-corrected chi connectivity index (χ2v) is 2.48. The van der Waals surface area contributed by atoms with E-state index >= 15 is 0 Å². The molecule has 0 fully saturated rings. The molecule has 0 bridgehead atoms. The van der Waals surface area contributed by atoms with Gasteiger partial charge in [0.2, 0.25) is 0 Å². The molecule has 0 unspecified atom stereocenters. The van der Waals surface area contributed by atoms with Crippen LogP contribution >= 0.6 is 0 Å². The number of aromatic nitrogens is 3. The van der Waals surface area contributed by atoms with Crippen molar-refractivity contribution in [2.24, 2.45) is 5.73 Å². The molecule has 2 rings (SSSR count). The Hall–Kier alpha value is -0.900. The highest BCUT2D eigenvalue weighted by Crippen LogP contribution is 2.10. The van der Waals surface area contributed by atoms with E-state index in [2.05, 4.69) is 10.1 Å². The third-order valence-corrected chi connectivity index (χ3v) is 1.75. The lowest BCUT2D eigenvalue weighted by atomic mass is 10.4. The summed E-state index contributed by atoms with van der Waals surface area (Å²) in [5.74, 6) is 1.87. The van der Waals surface area contributed by atoms with Gasteiger partial charge in [-0.25, -0.2) is 9.67 Å². The van der Waals surface area contributed by atoms with Crippen LogP contribution in [0.5, 0.6) is 0 Å². The summed E-state index contributed by atoms with van der Waals surface area (Å²) in [5.41, 5.74) is 5.37. The van der Waals surface area contributed by atoms with Gasteiger partial charge in [-0.05, 0) is 6.42 Å². The first-order valence-corrected chi connectivity index (χ1v) is 3.53. The lowest BCUT2D eigenvalue weighted by Crippen LogP contribution is -2.01. The number of aryl methyl sites for hydroxylation is 2. The normalized spacial score (nSPS) is 15.7. The lowest BCUT2D eigenvalue weighted by molar-refractivity contribution is 0.643. The Labute approximate surface area is 59.1 Å². The Bertz CT molecular complexity index is 218. The van der Waals surface area contributed by atoms with Gasteiger partial charge >= 0.3 is 0 Å². The van der Waals surface area contributed by atoms with Crippen molar-refractivity contribution in [3.05, 3.63) is 11.6 Å². The van der Waals surface area contributed by atoms with E-state index < -0.39 is 0 Å². The summed E-state index contributed by atoms with van der Waals surface area (Å²) >= 11 is 0. The van der Waals surface area contributed by atoms with Crippen molar-refractivity contribution in [1.82, 2.24) is 14.8 Å². The van der Waals surface area contributed by atoms with Crippen LogP contribution in [0.4, 0.5) is 0 Å². The highest BCUT2D eigenvalue weighted by Gasteiger charge is 2.13. The second kappa shape index (κ2) is 2.05. The SMILES string of the molecule is NCc1nc2n(n1)CCC2. The molecule has 0 spiro atoms. The number of nitrogens with two attached hydrogens (primary N) is 1. The fourth-order valence-electron chi connectivity index (χ4n) is 1.26. The molecule has 1 aliphatic heterocycles. The van der Waals surface area contributed by atoms with E-state index in [1.54, 1.807) is 0 Å². The average molecular weight is 138 g/mol. The minimum atomic E-state index is 0.458. The van der Waals surface area contributed by atoms with Crippen molar-refractivity contribution in [3.8, 4) is 0 Å². The summed E-state index contributed by atoms with van der Waals surface area (Å²) in [6.45, 7) is 1.47. The third kappa shape index (κ3) is 0.724. The summed E-state index contributed by atoms with van der Waals surface area (Å²) in [5, 5.41) is 4.19. The highest BCUT2D eigenvalue weighted by molar-refractivity contribution is 4.96. The van der Waals surface area contributed by atoms with Crippen molar-refractivity contribution in [3.63, 3.8) is 0 Å². The largest absolute Gasteiger partial charge is 0.324 e. The third-order valence-electron chi connectivity index (χ3n) is 1.75. The number of hydrogen-bond acceptors (Lipinski definition) is 3. The molecule has 2 heterocycles. The number of nitrogens with zero attached hydrogens (tertiary/aromatic N) is 3. The zero-order chi connectivity index (χ0) is 6.97. The molecule has 0 atom stereocenters. The Morgan fingerprint density at radius 1 is 1.60 bits per heavy atom. The smallest absolute Gasteiger partial charge is 0.164 e. The van der Waals surface area contributed by atoms with Gasteiger partial charge in [0.25, 0.3) is 0 Å². The molecule has 0 amide bonds. The van der Waals surface area contributed by atoms with Crippen LogP contribution in [0.15, 0.2) is 0 Å². The quantitative estimate of drug-likeness (QED) is 0.578. The maximum absolute atomic E-state index is 5.37. The predicted molar refractivity (Wildman–Crippen MR) is 36.2 cm³/mol. The monoisotopic (exact) mass is 138 g/mol. The number of hydrogen-bond donors (Lipinski definition) is 1. The van der Waals surface area contributed by atoms with E-state index in [0.29, 0.717) is 6.54 Å². The number of fused-ring (bicyclic) bond motifs is 1. The van der Waals surface area contributed by atoms with Gasteiger partial charge < -0.3 is 5.73 Å². The van der Waals surface area contributed by atoms with Gasteiger partial charge in [0.1, 0.15) is 5.82 Å². The van der Waals surface area contributed by atoms with E-state index in [0.717, 1.165) is 24.6 Å². The first kappa shape index (κ1) is 5.85. The van der Waals surface area contributed by atoms with Crippen LogP contribution in [0.3, 0.4) is 0 Å². The molecule has 4 heteroatoms. The Morgan fingerprint density at radius 2 is 2.50 bits per heavy atom. The zero-order valence-corrected chi connectivity index (χ0v) is 5.75. The molecule has 54 valence electrons. The highest BCUT2D eigenvalue weighted by atomic mass is 15.4. The summed E-state index contributed by atoms with van der Waals surface area (Å²) in [6.07, 6.45) is 2.24. The Balaban J connectivity index is 2.37. The van der Waals surface area contributed by atoms with Crippen molar-refractivity contribution in [2.75, 3.05) is 0 Å². The Morgan fingerprint density at radius 3 is 3.20 bits per heavy atom. The van der Waals surface area contributed by atoms with Crippen LogP contribution in [-0.4, -0.2) is 14.8 Å². The molecular weight excluding hydrogens is 128 g/mol. The first-order chi connectivity index (χ1) is 4.90. The molecule has 1 aliphatic rings. The van der Waals surface area contributed by atoms with Crippen LogP contribution in [0.1, 0.15) is 18.1 Å². The topological polar surface area (TPSA) is 56.7 Å². The van der Waals surface area contributed by atoms with Crippen LogP contribution in [-0.2, 0) is 19.5 Å². The van der Waals surface area contributed by atoms with Gasteiger partial charge in [-0.3, -0.25) is 0 Å². The van der Waals surface area contributed by atoms with Crippen LogP contribution in [0, 0.1) is 0 Å². The van der Waals surface area contributed by atoms with E-state index in [4.69, 9.17) is 5.73 Å². The molecule has 10 heavy (non-hydrogen) atoms. The second-order valence-electron chi connectivity index (χ2n) is 2.48. The van der Waals surface area contributed by atoms with Gasteiger partial charge in [-0.1, -0.05) is 0 Å². The average Bonchev–Trinajstić information content (AvgIpc) is 2.42. The van der Waals surface area contributed by atoms with E-state index in [1.165, 1.54) is 6.42 Å². The molecule has 0 saturated carbocycles. The standard InChI is InChI=1S/C6H10N4/c7-4-5-8-6-2-1-3-10(6)9-5/h1-4,7H2. The summed E-state index contributed by atoms with van der Waals surface area (Å²) in [6, 6.07) is 0. The van der Waals surface area contributed by atoms with Crippen molar-refractivity contribution >= 4 is 0 Å². The van der Waals surface area contributed by atoms with Crippen LogP contribution in [0.2, 0.25) is 0 Å². The van der Waals surface area contributed by atoms with Gasteiger partial charge in [0, 0.05) is 13.0 Å². The van der Waals surface area contributed by atoms with Crippen LogP contribution in [0.25, 0.3) is 0 Å². The predicted octanol–water partition coefficient (Wildman–Crippen LogP) is -0.317. The molecule has 0 aliphatic carbocycles. The van der Waals surface area contributed by atoms with E-state index in [-0.39, 0.29) is 0 Å². The van der Waals surface area contributed by atoms with Gasteiger partial charge in [-0.15, -0.1) is 0 Å². The summed E-state index contributed by atoms with van der Waals surface area (Å²) in [7, 11) is 0. The molecular formula is C6H10N4. The molecule has 0 saturated heterocycles. The zero-order valence-electron chi connectivity index (χ0n) is 5.75. The van der Waals surface area contributed by atoms with E-state index in [9.17, 15) is 0 Å². The molecule has 4 nitrogen and oxygen atoms in total. The van der Waals surface area contributed by atoms with Gasteiger partial charge in [0.05, 0.1) is 6.54 Å². The maximum atomic E-state index is 5.37. The minimum Gasteiger partial charge on any atom is -0.324 e. The first-order valence-electron chi connectivity index (χ1n) is 3.53. The number of rotatable bonds is 1. The van der Waals surface area contributed by atoms with Gasteiger partial charge in [-0.2, -0.15) is 5.10 Å².